The molecule has 0 amide bonds. The Kier molecular flexibility index (Phi) is 6.52. The maximum absolute atomic E-state index is 12.0. The van der Waals surface area contributed by atoms with E-state index < -0.39 is 36.2 Å². The molecule has 4 rings (SSSR count). The molecule has 2 N–H and O–H groups in total. The first-order valence-electron chi connectivity index (χ1n) is 11.8. The van der Waals surface area contributed by atoms with Crippen LogP contribution in [0.1, 0.15) is 52.5 Å². The number of benzene rings is 1. The summed E-state index contributed by atoms with van der Waals surface area (Å²) in [5, 5.41) is 20.1. The Hall–Kier alpha value is -1.73. The van der Waals surface area contributed by atoms with Gasteiger partial charge in [0.1, 0.15) is 23.9 Å². The summed E-state index contributed by atoms with van der Waals surface area (Å²) in [6.45, 7) is 7.83. The van der Waals surface area contributed by atoms with Crippen molar-refractivity contribution in [3.8, 4) is 0 Å². The van der Waals surface area contributed by atoms with Crippen LogP contribution in [0.3, 0.4) is 0 Å². The van der Waals surface area contributed by atoms with Gasteiger partial charge < -0.3 is 24.4 Å². The van der Waals surface area contributed by atoms with Crippen molar-refractivity contribution >= 4 is 12.0 Å². The summed E-state index contributed by atoms with van der Waals surface area (Å²) in [5.74, 6) is 0.206. The second-order valence-corrected chi connectivity index (χ2v) is 10.2. The lowest BCUT2D eigenvalue weighted by Gasteiger charge is -2.53. The maximum Gasteiger partial charge on any atom is 0.332 e. The molecule has 8 atom stereocenters. The van der Waals surface area contributed by atoms with E-state index in [-0.39, 0.29) is 23.9 Å². The van der Waals surface area contributed by atoms with Crippen LogP contribution in [0.2, 0.25) is 0 Å². The Morgan fingerprint density at radius 2 is 2.00 bits per heavy atom. The van der Waals surface area contributed by atoms with Gasteiger partial charge in [0.05, 0.1) is 6.10 Å². The minimum atomic E-state index is -1.07. The molecule has 8 unspecified atom stereocenters. The van der Waals surface area contributed by atoms with Crippen molar-refractivity contribution in [3.63, 3.8) is 0 Å². The molecule has 0 radical (unpaired) electrons. The quantitative estimate of drug-likeness (QED) is 0.494. The van der Waals surface area contributed by atoms with Gasteiger partial charge in [-0.15, -0.1) is 0 Å². The van der Waals surface area contributed by atoms with Crippen molar-refractivity contribution in [2.24, 2.45) is 23.7 Å². The van der Waals surface area contributed by atoms with Crippen LogP contribution < -0.4 is 0 Å². The highest BCUT2D eigenvalue weighted by Crippen LogP contribution is 2.63. The van der Waals surface area contributed by atoms with Gasteiger partial charge in [0.25, 0.3) is 0 Å². The third-order valence-corrected chi connectivity index (χ3v) is 8.09. The van der Waals surface area contributed by atoms with Gasteiger partial charge in [-0.05, 0) is 55.1 Å². The minimum Gasteiger partial charge on any atom is -0.457 e. The molecule has 1 aromatic carbocycles. The highest BCUT2D eigenvalue weighted by molar-refractivity contribution is 5.70. The van der Waals surface area contributed by atoms with Gasteiger partial charge in [0.2, 0.25) is 0 Å². The summed E-state index contributed by atoms with van der Waals surface area (Å²) in [6.07, 6.45) is 4.17. The van der Waals surface area contributed by atoms with Crippen molar-refractivity contribution in [2.75, 3.05) is 6.61 Å². The Bertz CT molecular complexity index is 838. The zero-order valence-electron chi connectivity index (χ0n) is 19.4. The third kappa shape index (κ3) is 3.92. The van der Waals surface area contributed by atoms with Crippen molar-refractivity contribution in [2.45, 2.75) is 76.7 Å². The van der Waals surface area contributed by atoms with E-state index in [0.29, 0.717) is 12.3 Å². The Morgan fingerprint density at radius 3 is 2.66 bits per heavy atom. The molecule has 1 aromatic rings. The molecule has 1 saturated carbocycles. The molecule has 0 spiro atoms. The zero-order chi connectivity index (χ0) is 23.1. The smallest absolute Gasteiger partial charge is 0.332 e. The van der Waals surface area contributed by atoms with Gasteiger partial charge in [-0.3, -0.25) is 0 Å². The van der Waals surface area contributed by atoms with Crippen molar-refractivity contribution < 1.29 is 29.2 Å². The molecule has 6 nitrogen and oxygen atoms in total. The molecule has 3 fully saturated rings. The first-order valence-corrected chi connectivity index (χ1v) is 11.8. The molecule has 32 heavy (non-hydrogen) atoms. The van der Waals surface area contributed by atoms with Crippen LogP contribution in [-0.4, -0.2) is 52.5 Å². The number of esters is 1. The Morgan fingerprint density at radius 1 is 1.28 bits per heavy atom. The largest absolute Gasteiger partial charge is 0.457 e. The minimum absolute atomic E-state index is 0.0868. The van der Waals surface area contributed by atoms with Gasteiger partial charge in [-0.2, -0.15) is 0 Å². The highest BCUT2D eigenvalue weighted by atomic mass is 16.6. The molecule has 2 saturated heterocycles. The molecule has 2 aliphatic heterocycles. The molecule has 2 heterocycles. The summed E-state index contributed by atoms with van der Waals surface area (Å²) < 4.78 is 18.9. The predicted octanol–water partition coefficient (Wildman–Crippen LogP) is 3.56. The van der Waals surface area contributed by atoms with Crippen LogP contribution in [0.4, 0.5) is 0 Å². The van der Waals surface area contributed by atoms with Crippen LogP contribution in [0.5, 0.6) is 0 Å². The number of hydrogen-bond acceptors (Lipinski definition) is 6. The van der Waals surface area contributed by atoms with Crippen molar-refractivity contribution in [1.29, 1.82) is 0 Å². The van der Waals surface area contributed by atoms with E-state index in [1.807, 2.05) is 43.3 Å². The zero-order valence-corrected chi connectivity index (χ0v) is 19.4. The monoisotopic (exact) mass is 444 g/mol. The first kappa shape index (κ1) is 23.4. The van der Waals surface area contributed by atoms with Crippen LogP contribution in [0.15, 0.2) is 36.4 Å². The summed E-state index contributed by atoms with van der Waals surface area (Å²) in [7, 11) is 0. The van der Waals surface area contributed by atoms with Crippen molar-refractivity contribution in [3.05, 3.63) is 42.0 Å². The number of aliphatic hydroxyl groups excluding tert-OH is 2. The number of rotatable bonds is 7. The van der Waals surface area contributed by atoms with Crippen molar-refractivity contribution in [1.82, 2.24) is 0 Å². The number of aliphatic hydroxyl groups is 2. The van der Waals surface area contributed by atoms with E-state index >= 15 is 0 Å². The van der Waals surface area contributed by atoms with Crippen LogP contribution in [0, 0.1) is 23.7 Å². The number of carbonyl (C=O) groups excluding carboxylic acids is 1. The van der Waals surface area contributed by atoms with Gasteiger partial charge >= 0.3 is 5.97 Å². The molecule has 0 aromatic heterocycles. The molecule has 2 bridgehead atoms. The molecule has 3 aliphatic rings. The topological polar surface area (TPSA) is 85.2 Å². The standard InChI is InChI=1S/C26H36O6/c1-16(2)26-14-20(30-22(29)15-27)25(4,32-26)19-12-10-17(3)23(19)24(26)31-21(28)13-11-18-8-6-5-7-9-18/h5-9,11,13,16-17,19-21,23-24,27-28H,10,12,14-15H2,1-4H3. The van der Waals surface area contributed by atoms with E-state index in [2.05, 4.69) is 20.8 Å². The van der Waals surface area contributed by atoms with E-state index in [1.165, 1.54) is 0 Å². The fraction of sp³-hybridized carbons (Fsp3) is 0.654. The molecule has 176 valence electrons. The van der Waals surface area contributed by atoms with E-state index in [9.17, 15) is 15.0 Å². The average molecular weight is 445 g/mol. The van der Waals surface area contributed by atoms with E-state index in [1.54, 1.807) is 6.08 Å². The average Bonchev–Trinajstić information content (AvgIpc) is 3.28. The fourth-order valence-corrected chi connectivity index (χ4v) is 6.42. The summed E-state index contributed by atoms with van der Waals surface area (Å²) >= 11 is 0. The number of fused-ring (bicyclic) bond motifs is 4. The van der Waals surface area contributed by atoms with Crippen LogP contribution >= 0.6 is 0 Å². The van der Waals surface area contributed by atoms with Gasteiger partial charge in [-0.25, -0.2) is 4.79 Å². The second-order valence-electron chi connectivity index (χ2n) is 10.2. The Labute approximate surface area is 190 Å². The molecular weight excluding hydrogens is 408 g/mol. The summed E-state index contributed by atoms with van der Waals surface area (Å²) in [6, 6.07) is 9.80. The van der Waals surface area contributed by atoms with Gasteiger partial charge in [0.15, 0.2) is 6.29 Å². The number of hydrogen-bond donors (Lipinski definition) is 2. The lowest BCUT2D eigenvalue weighted by atomic mass is 9.69. The predicted molar refractivity (Wildman–Crippen MR) is 120 cm³/mol. The SMILES string of the molecule is CC1CCC2C1C(OC(O)C=Cc1ccccc1)C1(C(C)C)CC(OC(=O)CO)C2(C)O1. The normalized spacial score (nSPS) is 39.4. The number of ether oxygens (including phenoxy) is 3. The number of carbonyl (C=O) groups is 1. The van der Waals surface area contributed by atoms with Gasteiger partial charge in [-0.1, -0.05) is 57.2 Å². The summed E-state index contributed by atoms with van der Waals surface area (Å²) in [5.41, 5.74) is -0.323. The van der Waals surface area contributed by atoms with E-state index in [0.717, 1.165) is 18.4 Å². The fourth-order valence-electron chi connectivity index (χ4n) is 6.42. The lowest BCUT2D eigenvalue weighted by molar-refractivity contribution is -0.291. The first-order chi connectivity index (χ1) is 15.2. The van der Waals surface area contributed by atoms with E-state index in [4.69, 9.17) is 14.2 Å². The van der Waals surface area contributed by atoms with Crippen LogP contribution in [0.25, 0.3) is 6.08 Å². The summed E-state index contributed by atoms with van der Waals surface area (Å²) in [4.78, 5) is 12.0. The molecule has 6 heteroatoms. The molecule has 1 aliphatic carbocycles. The third-order valence-electron chi connectivity index (χ3n) is 8.09. The Balaban J connectivity index is 1.65. The van der Waals surface area contributed by atoms with Gasteiger partial charge in [0, 0.05) is 6.42 Å². The highest BCUT2D eigenvalue weighted by Gasteiger charge is 2.71. The second kappa shape index (κ2) is 8.90. The lowest BCUT2D eigenvalue weighted by Crippen LogP contribution is -2.62. The van der Waals surface area contributed by atoms with Crippen LogP contribution in [-0.2, 0) is 19.0 Å². The molecular formula is C26H36O6. The maximum atomic E-state index is 12.0.